The van der Waals surface area contributed by atoms with Crippen molar-refractivity contribution in [1.29, 1.82) is 0 Å². The van der Waals surface area contributed by atoms with Crippen molar-refractivity contribution in [2.45, 2.75) is 37.4 Å². The SMILES string of the molecule is C[C@@H]1CN([C@@H](C)CO)C(=O)c2cc(NS(=O)(=O)c3ccc(Cl)cc3)ccc2O[C@H]1CN(C)Cc1ccccc1. The molecule has 0 radical (unpaired) electrons. The van der Waals surface area contributed by atoms with Gasteiger partial charge in [0.25, 0.3) is 15.9 Å². The first-order valence-corrected chi connectivity index (χ1v) is 14.7. The van der Waals surface area contributed by atoms with Gasteiger partial charge < -0.3 is 14.7 Å². The molecule has 0 unspecified atom stereocenters. The van der Waals surface area contributed by atoms with E-state index in [0.29, 0.717) is 23.9 Å². The van der Waals surface area contributed by atoms with E-state index < -0.39 is 16.1 Å². The third-order valence-electron chi connectivity index (χ3n) is 6.83. The summed E-state index contributed by atoms with van der Waals surface area (Å²) < 4.78 is 34.9. The number of ether oxygens (including phenoxy) is 1. The smallest absolute Gasteiger partial charge is 0.261 e. The number of hydrogen-bond acceptors (Lipinski definition) is 6. The Kier molecular flexibility index (Phi) is 9.17. The number of carbonyl (C=O) groups excluding carboxylic acids is 1. The van der Waals surface area contributed by atoms with Crippen LogP contribution in [0.2, 0.25) is 5.02 Å². The van der Waals surface area contributed by atoms with Gasteiger partial charge in [-0.3, -0.25) is 14.4 Å². The minimum Gasteiger partial charge on any atom is -0.488 e. The highest BCUT2D eigenvalue weighted by Gasteiger charge is 2.33. The van der Waals surface area contributed by atoms with Crippen LogP contribution in [0.3, 0.4) is 0 Å². The summed E-state index contributed by atoms with van der Waals surface area (Å²) in [5.74, 6) is 0.00804. The van der Waals surface area contributed by atoms with Gasteiger partial charge in [-0.1, -0.05) is 48.9 Å². The van der Waals surface area contributed by atoms with E-state index in [1.54, 1.807) is 24.0 Å². The maximum absolute atomic E-state index is 13.7. The van der Waals surface area contributed by atoms with Crippen molar-refractivity contribution in [3.05, 3.63) is 88.9 Å². The van der Waals surface area contributed by atoms with Crippen molar-refractivity contribution >= 4 is 33.2 Å². The lowest BCUT2D eigenvalue weighted by Crippen LogP contribution is -2.49. The summed E-state index contributed by atoms with van der Waals surface area (Å²) in [7, 11) is -1.89. The molecule has 0 fully saturated rings. The second kappa shape index (κ2) is 12.4. The molecule has 1 aliphatic rings. The molecule has 3 atom stereocenters. The zero-order valence-electron chi connectivity index (χ0n) is 22.2. The molecule has 8 nitrogen and oxygen atoms in total. The first-order chi connectivity index (χ1) is 18.6. The summed E-state index contributed by atoms with van der Waals surface area (Å²) >= 11 is 5.90. The molecular weight excluding hydrogens is 538 g/mol. The van der Waals surface area contributed by atoms with Gasteiger partial charge in [-0.15, -0.1) is 0 Å². The third kappa shape index (κ3) is 7.10. The topological polar surface area (TPSA) is 99.2 Å². The van der Waals surface area contributed by atoms with Crippen LogP contribution in [0.25, 0.3) is 0 Å². The van der Waals surface area contributed by atoms with Gasteiger partial charge in [0.1, 0.15) is 11.9 Å². The molecule has 0 saturated heterocycles. The van der Waals surface area contributed by atoms with E-state index in [9.17, 15) is 18.3 Å². The van der Waals surface area contributed by atoms with Crippen LogP contribution in [0.1, 0.15) is 29.8 Å². The number of halogens is 1. The Morgan fingerprint density at radius 1 is 1.13 bits per heavy atom. The molecule has 0 spiro atoms. The van der Waals surface area contributed by atoms with Crippen LogP contribution in [0, 0.1) is 5.92 Å². The van der Waals surface area contributed by atoms with Crippen molar-refractivity contribution in [3.8, 4) is 5.75 Å². The summed E-state index contributed by atoms with van der Waals surface area (Å²) in [6.45, 7) is 5.35. The monoisotopic (exact) mass is 571 g/mol. The number of hydrogen-bond donors (Lipinski definition) is 2. The Morgan fingerprint density at radius 2 is 1.82 bits per heavy atom. The third-order valence-corrected chi connectivity index (χ3v) is 8.48. The van der Waals surface area contributed by atoms with Gasteiger partial charge in [0.05, 0.1) is 23.1 Å². The van der Waals surface area contributed by atoms with Gasteiger partial charge in [0.2, 0.25) is 0 Å². The number of likely N-dealkylation sites (N-methyl/N-ethyl adjacent to an activating group) is 1. The molecule has 0 aliphatic carbocycles. The second-order valence-corrected chi connectivity index (χ2v) is 12.2. The van der Waals surface area contributed by atoms with E-state index >= 15 is 0 Å². The first kappa shape index (κ1) is 28.9. The zero-order chi connectivity index (χ0) is 28.2. The standard InChI is InChI=1S/C29H34ClN3O5S/c1-20-16-33(21(2)19-34)29(35)26-15-24(31-39(36,37)25-12-9-23(30)10-13-25)11-14-27(26)38-28(20)18-32(3)17-22-7-5-4-6-8-22/h4-15,20-21,28,31,34H,16-19H2,1-3H3/t20-,21+,28+/m1/s1. The molecule has 10 heteroatoms. The van der Waals surface area contributed by atoms with Gasteiger partial charge in [-0.05, 0) is 62.0 Å². The fraction of sp³-hybridized carbons (Fsp3) is 0.345. The average Bonchev–Trinajstić information content (AvgIpc) is 2.91. The number of benzene rings is 3. The van der Waals surface area contributed by atoms with Crippen molar-refractivity contribution < 1.29 is 23.1 Å². The first-order valence-electron chi connectivity index (χ1n) is 12.8. The lowest BCUT2D eigenvalue weighted by Gasteiger charge is -2.38. The predicted molar refractivity (Wildman–Crippen MR) is 153 cm³/mol. The predicted octanol–water partition coefficient (Wildman–Crippen LogP) is 4.49. The van der Waals surface area contributed by atoms with E-state index in [2.05, 4.69) is 21.8 Å². The minimum absolute atomic E-state index is 0.0302. The number of amides is 1. The van der Waals surface area contributed by atoms with Crippen molar-refractivity contribution in [2.75, 3.05) is 31.5 Å². The highest BCUT2D eigenvalue weighted by Crippen LogP contribution is 2.31. The van der Waals surface area contributed by atoms with Gasteiger partial charge in [0, 0.05) is 36.3 Å². The number of fused-ring (bicyclic) bond motifs is 1. The number of carbonyl (C=O) groups is 1. The van der Waals surface area contributed by atoms with E-state index in [1.807, 2.05) is 32.2 Å². The molecule has 2 N–H and O–H groups in total. The molecule has 0 aromatic heterocycles. The molecule has 3 aromatic carbocycles. The summed E-state index contributed by atoms with van der Waals surface area (Å²) in [5, 5.41) is 10.3. The molecule has 208 valence electrons. The van der Waals surface area contributed by atoms with Gasteiger partial charge >= 0.3 is 0 Å². The maximum atomic E-state index is 13.7. The van der Waals surface area contributed by atoms with Gasteiger partial charge in [-0.2, -0.15) is 0 Å². The zero-order valence-corrected chi connectivity index (χ0v) is 23.8. The molecule has 0 bridgehead atoms. The largest absolute Gasteiger partial charge is 0.488 e. The van der Waals surface area contributed by atoms with E-state index in [1.165, 1.54) is 35.9 Å². The van der Waals surface area contributed by atoms with Crippen LogP contribution in [0.4, 0.5) is 5.69 Å². The Labute approximate surface area is 235 Å². The van der Waals surface area contributed by atoms with E-state index in [0.717, 1.165) is 6.54 Å². The number of aliphatic hydroxyl groups is 1. The Hall–Kier alpha value is -3.11. The molecule has 1 aliphatic heterocycles. The highest BCUT2D eigenvalue weighted by molar-refractivity contribution is 7.92. The van der Waals surface area contributed by atoms with Gasteiger partial charge in [0.15, 0.2) is 0 Å². The van der Waals surface area contributed by atoms with Crippen molar-refractivity contribution in [2.24, 2.45) is 5.92 Å². The average molecular weight is 572 g/mol. The molecule has 4 rings (SSSR count). The maximum Gasteiger partial charge on any atom is 0.261 e. The van der Waals surface area contributed by atoms with Crippen molar-refractivity contribution in [3.63, 3.8) is 0 Å². The molecule has 3 aromatic rings. The Morgan fingerprint density at radius 3 is 2.49 bits per heavy atom. The van der Waals surface area contributed by atoms with Gasteiger partial charge in [-0.25, -0.2) is 8.42 Å². The summed E-state index contributed by atoms with van der Waals surface area (Å²) in [4.78, 5) is 17.5. The van der Waals surface area contributed by atoms with Crippen molar-refractivity contribution in [1.82, 2.24) is 9.80 Å². The number of sulfonamides is 1. The summed E-state index contributed by atoms with van der Waals surface area (Å²) in [6.07, 6.45) is -0.254. The van der Waals surface area contributed by atoms with Crippen LogP contribution in [0.15, 0.2) is 77.7 Å². The second-order valence-electron chi connectivity index (χ2n) is 10.1. The van der Waals surface area contributed by atoms with E-state index in [4.69, 9.17) is 16.3 Å². The quantitative estimate of drug-likeness (QED) is 0.392. The van der Waals surface area contributed by atoms with Crippen LogP contribution in [-0.2, 0) is 16.6 Å². The molecule has 0 saturated carbocycles. The normalized spacial score (nSPS) is 18.6. The summed E-state index contributed by atoms with van der Waals surface area (Å²) in [6, 6.07) is 20.2. The highest BCUT2D eigenvalue weighted by atomic mass is 35.5. The fourth-order valence-corrected chi connectivity index (χ4v) is 5.77. The lowest BCUT2D eigenvalue weighted by atomic mass is 9.99. The summed E-state index contributed by atoms with van der Waals surface area (Å²) in [5.41, 5.74) is 1.64. The van der Waals surface area contributed by atoms with Crippen LogP contribution in [0.5, 0.6) is 5.75 Å². The lowest BCUT2D eigenvalue weighted by molar-refractivity contribution is 0.0341. The molecular formula is C29H34ClN3O5S. The minimum atomic E-state index is -3.91. The fourth-order valence-electron chi connectivity index (χ4n) is 4.60. The Bertz CT molecular complexity index is 1390. The number of anilines is 1. The molecule has 39 heavy (non-hydrogen) atoms. The number of rotatable bonds is 9. The van der Waals surface area contributed by atoms with Crippen LogP contribution >= 0.6 is 11.6 Å². The van der Waals surface area contributed by atoms with E-state index in [-0.39, 0.29) is 40.7 Å². The van der Waals surface area contributed by atoms with Crippen LogP contribution in [-0.4, -0.2) is 68.1 Å². The van der Waals surface area contributed by atoms with Crippen LogP contribution < -0.4 is 9.46 Å². The molecule has 1 heterocycles. The number of nitrogens with zero attached hydrogens (tertiary/aromatic N) is 2. The number of aliphatic hydroxyl groups excluding tert-OH is 1. The number of nitrogens with one attached hydrogen (secondary N) is 1. The molecule has 1 amide bonds. The Balaban J connectivity index is 1.63.